The first kappa shape index (κ1) is 11.5. The van der Waals surface area contributed by atoms with Crippen LogP contribution in [0.5, 0.6) is 0 Å². The van der Waals surface area contributed by atoms with Gasteiger partial charge in [0.05, 0.1) is 0 Å². The van der Waals surface area contributed by atoms with Crippen LogP contribution in [0.25, 0.3) is 0 Å². The van der Waals surface area contributed by atoms with E-state index < -0.39 is 6.35 Å². The van der Waals surface area contributed by atoms with Crippen LogP contribution in [-0.2, 0) is 0 Å². The fourth-order valence-electron chi connectivity index (χ4n) is 0.630. The Morgan fingerprint density at radius 3 is 2.75 bits per heavy atom. The number of aliphatic hydroxyl groups is 1. The van der Waals surface area contributed by atoms with Crippen LogP contribution in [0.3, 0.4) is 0 Å². The zero-order valence-corrected chi connectivity index (χ0v) is 8.23. The molecule has 0 heterocycles. The van der Waals surface area contributed by atoms with Crippen molar-refractivity contribution in [1.82, 2.24) is 16.0 Å². The molecule has 12 heavy (non-hydrogen) atoms. The molecule has 0 aromatic rings. The maximum Gasteiger partial charge on any atom is 0.193 e. The van der Waals surface area contributed by atoms with Crippen LogP contribution in [0.15, 0.2) is 4.99 Å². The number of aliphatic imine (C=N–C) groups is 1. The molecule has 0 fully saturated rings. The first-order valence-corrected chi connectivity index (χ1v) is 4.31. The molecule has 0 spiro atoms. The molecular weight excluding hydrogens is 176 g/mol. The van der Waals surface area contributed by atoms with Crippen LogP contribution >= 0.6 is 12.6 Å². The standard InChI is InChI=1S/C6H16N4OS/c1-7-5(8-2)10-6(11)9-3-4-12/h6,9,11-12H,3-4H2,1-2H3,(H2,7,8,10). The first-order chi connectivity index (χ1) is 5.74. The van der Waals surface area contributed by atoms with E-state index in [1.165, 1.54) is 0 Å². The van der Waals surface area contributed by atoms with E-state index in [1.54, 1.807) is 14.1 Å². The SMILES string of the molecule is C/N=C(\NC)NC(O)NCCS. The summed E-state index contributed by atoms with van der Waals surface area (Å²) in [6.45, 7) is 0.637. The summed E-state index contributed by atoms with van der Waals surface area (Å²) in [6.07, 6.45) is -0.789. The highest BCUT2D eigenvalue weighted by Gasteiger charge is 2.01. The lowest BCUT2D eigenvalue weighted by Gasteiger charge is -2.15. The molecule has 0 aliphatic heterocycles. The lowest BCUT2D eigenvalue weighted by molar-refractivity contribution is 0.124. The predicted octanol–water partition coefficient (Wildman–Crippen LogP) is -1.42. The summed E-state index contributed by atoms with van der Waals surface area (Å²) in [5, 5.41) is 17.5. The molecule has 1 atom stereocenters. The van der Waals surface area contributed by atoms with Crippen LogP contribution in [0.4, 0.5) is 0 Å². The average molecular weight is 192 g/mol. The first-order valence-electron chi connectivity index (χ1n) is 3.68. The number of guanidine groups is 1. The molecule has 0 aromatic carbocycles. The van der Waals surface area contributed by atoms with E-state index in [2.05, 4.69) is 33.6 Å². The summed E-state index contributed by atoms with van der Waals surface area (Å²) in [7, 11) is 3.35. The van der Waals surface area contributed by atoms with Gasteiger partial charge in [-0.25, -0.2) is 0 Å². The number of nitrogens with zero attached hydrogens (tertiary/aromatic N) is 1. The largest absolute Gasteiger partial charge is 0.361 e. The third-order valence-corrected chi connectivity index (χ3v) is 1.41. The van der Waals surface area contributed by atoms with Gasteiger partial charge in [0.25, 0.3) is 0 Å². The number of aliphatic hydroxyl groups excluding tert-OH is 1. The maximum atomic E-state index is 9.24. The number of thiol groups is 1. The second-order valence-electron chi connectivity index (χ2n) is 2.05. The van der Waals surface area contributed by atoms with Crippen molar-refractivity contribution in [3.63, 3.8) is 0 Å². The van der Waals surface area contributed by atoms with E-state index in [0.717, 1.165) is 0 Å². The van der Waals surface area contributed by atoms with E-state index >= 15 is 0 Å². The third-order valence-electron chi connectivity index (χ3n) is 1.18. The van der Waals surface area contributed by atoms with E-state index in [-0.39, 0.29) is 0 Å². The van der Waals surface area contributed by atoms with E-state index in [9.17, 15) is 5.11 Å². The minimum absolute atomic E-state index is 0.536. The van der Waals surface area contributed by atoms with Crippen molar-refractivity contribution in [3.8, 4) is 0 Å². The summed E-state index contributed by atoms with van der Waals surface area (Å²) in [5.41, 5.74) is 0. The van der Waals surface area contributed by atoms with Crippen LogP contribution in [0.2, 0.25) is 0 Å². The maximum absolute atomic E-state index is 9.24. The Balaban J connectivity index is 3.59. The van der Waals surface area contributed by atoms with Gasteiger partial charge in [0, 0.05) is 26.4 Å². The fourth-order valence-corrected chi connectivity index (χ4v) is 0.759. The van der Waals surface area contributed by atoms with Crippen molar-refractivity contribution in [1.29, 1.82) is 0 Å². The molecule has 72 valence electrons. The highest BCUT2D eigenvalue weighted by Crippen LogP contribution is 1.73. The topological polar surface area (TPSA) is 68.7 Å². The second kappa shape index (κ2) is 7.20. The normalized spacial score (nSPS) is 14.2. The van der Waals surface area contributed by atoms with E-state index in [0.29, 0.717) is 18.3 Å². The Hall–Kier alpha value is -0.460. The molecule has 6 heteroatoms. The molecule has 0 rings (SSSR count). The number of nitrogens with one attached hydrogen (secondary N) is 3. The highest BCUT2D eigenvalue weighted by atomic mass is 32.1. The molecular formula is C6H16N4OS. The van der Waals surface area contributed by atoms with Gasteiger partial charge in [-0.15, -0.1) is 0 Å². The van der Waals surface area contributed by atoms with Crippen molar-refractivity contribution < 1.29 is 5.11 Å². The van der Waals surface area contributed by atoms with Crippen LogP contribution < -0.4 is 16.0 Å². The minimum atomic E-state index is -0.789. The quantitative estimate of drug-likeness (QED) is 0.164. The zero-order chi connectivity index (χ0) is 9.40. The molecule has 0 bridgehead atoms. The van der Waals surface area contributed by atoms with Gasteiger partial charge in [-0.1, -0.05) is 0 Å². The van der Waals surface area contributed by atoms with Gasteiger partial charge < -0.3 is 15.7 Å². The van der Waals surface area contributed by atoms with Gasteiger partial charge in [-0.2, -0.15) is 12.6 Å². The highest BCUT2D eigenvalue weighted by molar-refractivity contribution is 7.80. The van der Waals surface area contributed by atoms with Gasteiger partial charge in [0.1, 0.15) is 0 Å². The molecule has 0 aromatic heterocycles. The molecule has 0 aliphatic carbocycles. The Bertz CT molecular complexity index is 142. The molecule has 0 aliphatic rings. The minimum Gasteiger partial charge on any atom is -0.361 e. The smallest absolute Gasteiger partial charge is 0.193 e. The molecule has 4 N–H and O–H groups in total. The van der Waals surface area contributed by atoms with Gasteiger partial charge in [0.2, 0.25) is 0 Å². The van der Waals surface area contributed by atoms with E-state index in [4.69, 9.17) is 0 Å². The Morgan fingerprint density at radius 2 is 2.33 bits per heavy atom. The monoisotopic (exact) mass is 192 g/mol. The van der Waals surface area contributed by atoms with Crippen LogP contribution in [-0.4, -0.2) is 43.8 Å². The molecule has 1 unspecified atom stereocenters. The van der Waals surface area contributed by atoms with Crippen molar-refractivity contribution in [3.05, 3.63) is 0 Å². The predicted molar refractivity (Wildman–Crippen MR) is 53.4 cm³/mol. The summed E-state index contributed by atoms with van der Waals surface area (Å²) in [5.74, 6) is 1.21. The number of rotatable bonds is 4. The zero-order valence-electron chi connectivity index (χ0n) is 7.33. The van der Waals surface area contributed by atoms with Crippen LogP contribution in [0, 0.1) is 0 Å². The van der Waals surface area contributed by atoms with E-state index in [1.807, 2.05) is 0 Å². The summed E-state index contributed by atoms with van der Waals surface area (Å²) in [6, 6.07) is 0. The lowest BCUT2D eigenvalue weighted by atomic mass is 10.7. The summed E-state index contributed by atoms with van der Waals surface area (Å²) < 4.78 is 0. The van der Waals surface area contributed by atoms with Crippen molar-refractivity contribution >= 4 is 18.6 Å². The van der Waals surface area contributed by atoms with Gasteiger partial charge in [-0.3, -0.25) is 10.3 Å². The van der Waals surface area contributed by atoms with Crippen molar-refractivity contribution in [2.75, 3.05) is 26.4 Å². The van der Waals surface area contributed by atoms with Crippen molar-refractivity contribution in [2.24, 2.45) is 4.99 Å². The summed E-state index contributed by atoms with van der Waals surface area (Å²) in [4.78, 5) is 3.83. The van der Waals surface area contributed by atoms with Crippen molar-refractivity contribution in [2.45, 2.75) is 6.35 Å². The van der Waals surface area contributed by atoms with Gasteiger partial charge in [-0.05, 0) is 0 Å². The lowest BCUT2D eigenvalue weighted by Crippen LogP contribution is -2.49. The second-order valence-corrected chi connectivity index (χ2v) is 2.49. The number of hydrogen-bond acceptors (Lipinski definition) is 4. The van der Waals surface area contributed by atoms with Crippen LogP contribution in [0.1, 0.15) is 0 Å². The molecule has 0 saturated carbocycles. The Kier molecular flexibility index (Phi) is 6.93. The average Bonchev–Trinajstić information content (AvgIpc) is 2.10. The van der Waals surface area contributed by atoms with Gasteiger partial charge >= 0.3 is 0 Å². The fraction of sp³-hybridized carbons (Fsp3) is 0.833. The Labute approximate surface area is 78.1 Å². The third kappa shape index (κ3) is 5.22. The molecule has 0 amide bonds. The molecule has 5 nitrogen and oxygen atoms in total. The molecule has 0 radical (unpaired) electrons. The Morgan fingerprint density at radius 1 is 1.67 bits per heavy atom. The number of hydrogen-bond donors (Lipinski definition) is 5. The summed E-state index contributed by atoms with van der Waals surface area (Å²) >= 11 is 3.98. The van der Waals surface area contributed by atoms with Gasteiger partial charge in [0.15, 0.2) is 12.3 Å². The molecule has 0 saturated heterocycles.